The Hall–Kier alpha value is -1.67. The van der Waals surface area contributed by atoms with Crippen LogP contribution in [0.1, 0.15) is 23.7 Å². The van der Waals surface area contributed by atoms with Gasteiger partial charge in [0.05, 0.1) is 5.75 Å². The smallest absolute Gasteiger partial charge is 0.251 e. The van der Waals surface area contributed by atoms with E-state index in [1.165, 1.54) is 14.1 Å². The Morgan fingerprint density at radius 1 is 1.33 bits per heavy atom. The number of amides is 1. The van der Waals surface area contributed by atoms with Crippen molar-refractivity contribution in [3.8, 4) is 0 Å². The van der Waals surface area contributed by atoms with E-state index < -0.39 is 10.0 Å². The lowest BCUT2D eigenvalue weighted by atomic mass is 10.2. The van der Waals surface area contributed by atoms with Crippen molar-refractivity contribution in [3.63, 3.8) is 0 Å². The van der Waals surface area contributed by atoms with Crippen LogP contribution in [0.5, 0.6) is 0 Å². The van der Waals surface area contributed by atoms with Crippen LogP contribution in [0, 0.1) is 0 Å². The second-order valence-electron chi connectivity index (χ2n) is 4.71. The van der Waals surface area contributed by atoms with Crippen molar-refractivity contribution in [3.05, 3.63) is 23.9 Å². The van der Waals surface area contributed by atoms with E-state index in [1.807, 2.05) is 6.92 Å². The highest BCUT2D eigenvalue weighted by molar-refractivity contribution is 7.89. The highest BCUT2D eigenvalue weighted by atomic mass is 32.2. The van der Waals surface area contributed by atoms with E-state index in [-0.39, 0.29) is 18.2 Å². The van der Waals surface area contributed by atoms with Crippen LogP contribution < -0.4 is 10.6 Å². The third-order valence-corrected chi connectivity index (χ3v) is 4.61. The number of carbonyl (C=O) groups is 1. The highest BCUT2D eigenvalue weighted by Gasteiger charge is 2.14. The fourth-order valence-corrected chi connectivity index (χ4v) is 2.22. The predicted octanol–water partition coefficient (Wildman–Crippen LogP) is 0.525. The fourth-order valence-electron chi connectivity index (χ4n) is 1.50. The second kappa shape index (κ2) is 7.94. The van der Waals surface area contributed by atoms with E-state index in [4.69, 9.17) is 0 Å². The lowest BCUT2D eigenvalue weighted by Crippen LogP contribution is -2.33. The molecule has 0 aliphatic carbocycles. The first-order valence-corrected chi connectivity index (χ1v) is 8.36. The number of sulfonamides is 1. The normalized spacial score (nSPS) is 11.4. The van der Waals surface area contributed by atoms with Gasteiger partial charge in [0.25, 0.3) is 5.91 Å². The maximum Gasteiger partial charge on any atom is 0.251 e. The summed E-state index contributed by atoms with van der Waals surface area (Å²) in [5, 5.41) is 5.68. The second-order valence-corrected chi connectivity index (χ2v) is 7.01. The zero-order valence-corrected chi connectivity index (χ0v) is 13.4. The molecule has 7 nitrogen and oxygen atoms in total. The first kappa shape index (κ1) is 17.4. The van der Waals surface area contributed by atoms with E-state index in [0.29, 0.717) is 11.4 Å². The topological polar surface area (TPSA) is 91.4 Å². The molecule has 1 aromatic rings. The van der Waals surface area contributed by atoms with E-state index in [0.717, 1.165) is 17.3 Å². The average molecular weight is 314 g/mol. The van der Waals surface area contributed by atoms with Gasteiger partial charge in [-0.05, 0) is 18.6 Å². The lowest BCUT2D eigenvalue weighted by molar-refractivity contribution is 0.0956. The zero-order chi connectivity index (χ0) is 15.9. The van der Waals surface area contributed by atoms with Gasteiger partial charge in [0, 0.05) is 38.9 Å². The standard InChI is InChI=1S/C13H22N4O3S/c1-4-6-14-12-10-11(5-7-15-12)13(18)16-8-9-21(19,20)17(2)3/h5,7,10H,4,6,8-9H2,1-3H3,(H,14,15)(H,16,18). The molecule has 0 aliphatic heterocycles. The van der Waals surface area contributed by atoms with Gasteiger partial charge in [-0.25, -0.2) is 17.7 Å². The van der Waals surface area contributed by atoms with Gasteiger partial charge in [-0.2, -0.15) is 0 Å². The summed E-state index contributed by atoms with van der Waals surface area (Å²) in [4.78, 5) is 16.1. The molecule has 2 N–H and O–H groups in total. The monoisotopic (exact) mass is 314 g/mol. The molecule has 0 atom stereocenters. The van der Waals surface area contributed by atoms with Gasteiger partial charge in [0.15, 0.2) is 0 Å². The third kappa shape index (κ3) is 5.68. The average Bonchev–Trinajstić information content (AvgIpc) is 2.45. The third-order valence-electron chi connectivity index (χ3n) is 2.78. The quantitative estimate of drug-likeness (QED) is 0.730. The van der Waals surface area contributed by atoms with Crippen LogP contribution in [0.4, 0.5) is 5.82 Å². The largest absolute Gasteiger partial charge is 0.370 e. The molecule has 1 aromatic heterocycles. The van der Waals surface area contributed by atoms with Crippen molar-refractivity contribution in [1.29, 1.82) is 0 Å². The van der Waals surface area contributed by atoms with Gasteiger partial charge in [-0.3, -0.25) is 4.79 Å². The molecule has 0 unspecified atom stereocenters. The molecule has 0 spiro atoms. The Balaban J connectivity index is 2.56. The summed E-state index contributed by atoms with van der Waals surface area (Å²) in [6.45, 7) is 2.88. The van der Waals surface area contributed by atoms with E-state index in [1.54, 1.807) is 18.3 Å². The van der Waals surface area contributed by atoms with Crippen molar-refractivity contribution >= 4 is 21.7 Å². The molecule has 1 rings (SSSR count). The van der Waals surface area contributed by atoms with Crippen LogP contribution in [-0.4, -0.2) is 56.6 Å². The molecule has 0 aliphatic rings. The predicted molar refractivity (Wildman–Crippen MR) is 82.8 cm³/mol. The summed E-state index contributed by atoms with van der Waals surface area (Å²) in [6.07, 6.45) is 2.50. The Bertz CT molecular complexity index is 573. The molecular formula is C13H22N4O3S. The minimum absolute atomic E-state index is 0.0688. The van der Waals surface area contributed by atoms with E-state index in [9.17, 15) is 13.2 Å². The first-order valence-electron chi connectivity index (χ1n) is 6.75. The number of carbonyl (C=O) groups excluding carboxylic acids is 1. The number of aromatic nitrogens is 1. The van der Waals surface area contributed by atoms with Crippen molar-refractivity contribution < 1.29 is 13.2 Å². The van der Waals surface area contributed by atoms with Gasteiger partial charge in [0.2, 0.25) is 10.0 Å². The summed E-state index contributed by atoms with van der Waals surface area (Å²) in [6, 6.07) is 3.23. The molecule has 1 heterocycles. The molecule has 0 bridgehead atoms. The van der Waals surface area contributed by atoms with Crippen molar-refractivity contribution in [2.24, 2.45) is 0 Å². The molecule has 21 heavy (non-hydrogen) atoms. The van der Waals surface area contributed by atoms with Crippen LogP contribution in [0.3, 0.4) is 0 Å². The van der Waals surface area contributed by atoms with Crippen LogP contribution in [0.15, 0.2) is 18.3 Å². The van der Waals surface area contributed by atoms with Crippen LogP contribution >= 0.6 is 0 Å². The summed E-state index contributed by atoms with van der Waals surface area (Å²) >= 11 is 0. The van der Waals surface area contributed by atoms with Crippen molar-refractivity contribution in [1.82, 2.24) is 14.6 Å². The van der Waals surface area contributed by atoms with Gasteiger partial charge in [-0.1, -0.05) is 6.92 Å². The maximum absolute atomic E-state index is 12.0. The number of anilines is 1. The molecule has 0 saturated carbocycles. The van der Waals surface area contributed by atoms with Gasteiger partial charge in [0.1, 0.15) is 5.82 Å². The Morgan fingerprint density at radius 3 is 2.67 bits per heavy atom. The minimum atomic E-state index is -3.30. The molecule has 0 fully saturated rings. The highest BCUT2D eigenvalue weighted by Crippen LogP contribution is 2.06. The molecule has 118 valence electrons. The summed E-state index contributed by atoms with van der Waals surface area (Å²) in [7, 11) is -0.374. The summed E-state index contributed by atoms with van der Waals surface area (Å²) in [5.74, 6) is 0.189. The van der Waals surface area contributed by atoms with Crippen molar-refractivity contribution in [2.75, 3.05) is 38.3 Å². The van der Waals surface area contributed by atoms with E-state index >= 15 is 0 Å². The molecular weight excluding hydrogens is 292 g/mol. The van der Waals surface area contributed by atoms with Gasteiger partial charge >= 0.3 is 0 Å². The molecule has 0 radical (unpaired) electrons. The van der Waals surface area contributed by atoms with Gasteiger partial charge in [-0.15, -0.1) is 0 Å². The Labute approximate surface area is 125 Å². The maximum atomic E-state index is 12.0. The number of nitrogens with zero attached hydrogens (tertiary/aromatic N) is 2. The Kier molecular flexibility index (Phi) is 6.57. The number of hydrogen-bond acceptors (Lipinski definition) is 5. The van der Waals surface area contributed by atoms with Crippen LogP contribution in [0.2, 0.25) is 0 Å². The van der Waals surface area contributed by atoms with Crippen LogP contribution in [0.25, 0.3) is 0 Å². The van der Waals surface area contributed by atoms with Gasteiger partial charge < -0.3 is 10.6 Å². The van der Waals surface area contributed by atoms with Crippen molar-refractivity contribution in [2.45, 2.75) is 13.3 Å². The molecule has 0 aromatic carbocycles. The summed E-state index contributed by atoms with van der Waals surface area (Å²) in [5.41, 5.74) is 0.450. The van der Waals surface area contributed by atoms with E-state index in [2.05, 4.69) is 15.6 Å². The first-order chi connectivity index (χ1) is 9.86. The molecule has 1 amide bonds. The number of rotatable bonds is 8. The zero-order valence-electron chi connectivity index (χ0n) is 12.6. The molecule has 8 heteroatoms. The number of pyridine rings is 1. The number of hydrogen-bond donors (Lipinski definition) is 2. The Morgan fingerprint density at radius 2 is 2.05 bits per heavy atom. The van der Waals surface area contributed by atoms with Crippen LogP contribution in [-0.2, 0) is 10.0 Å². The minimum Gasteiger partial charge on any atom is -0.370 e. The lowest BCUT2D eigenvalue weighted by Gasteiger charge is -2.12. The SMILES string of the molecule is CCCNc1cc(C(=O)NCCS(=O)(=O)N(C)C)ccn1. The fraction of sp³-hybridized carbons (Fsp3) is 0.538. The number of nitrogens with one attached hydrogen (secondary N) is 2. The summed E-state index contributed by atoms with van der Waals surface area (Å²) < 4.78 is 24.3. The molecule has 0 saturated heterocycles.